The number of nitrogens with one attached hydrogen (secondary N) is 1. The first-order valence-corrected chi connectivity index (χ1v) is 14.7. The second-order valence-corrected chi connectivity index (χ2v) is 11.3. The number of thioether (sulfide) groups is 1. The van der Waals surface area contributed by atoms with Crippen molar-refractivity contribution in [2.24, 2.45) is 4.99 Å². The van der Waals surface area contributed by atoms with Gasteiger partial charge >= 0.3 is 0 Å². The van der Waals surface area contributed by atoms with E-state index in [1.54, 1.807) is 4.90 Å². The predicted octanol–water partition coefficient (Wildman–Crippen LogP) is 5.38. The maximum Gasteiger partial charge on any atom is 0.268 e. The smallest absolute Gasteiger partial charge is 0.268 e. The van der Waals surface area contributed by atoms with Crippen molar-refractivity contribution in [3.05, 3.63) is 95.0 Å². The highest BCUT2D eigenvalue weighted by molar-refractivity contribution is 8.18. The zero-order valence-electron chi connectivity index (χ0n) is 23.1. The van der Waals surface area contributed by atoms with Gasteiger partial charge in [0, 0.05) is 36.4 Å². The van der Waals surface area contributed by atoms with E-state index in [-0.39, 0.29) is 11.8 Å². The molecule has 10 heteroatoms. The summed E-state index contributed by atoms with van der Waals surface area (Å²) in [6.45, 7) is 5.42. The van der Waals surface area contributed by atoms with E-state index < -0.39 is 0 Å². The van der Waals surface area contributed by atoms with Crippen LogP contribution in [0.1, 0.15) is 12.5 Å². The molecular weight excluding hydrogens is 555 g/mol. The number of anilines is 2. The molecule has 2 heterocycles. The van der Waals surface area contributed by atoms with Crippen LogP contribution < -0.4 is 10.2 Å². The Morgan fingerprint density at radius 2 is 1.78 bits per heavy atom. The summed E-state index contributed by atoms with van der Waals surface area (Å²) in [6.07, 6.45) is 0. The lowest BCUT2D eigenvalue weighted by Gasteiger charge is -2.25. The molecule has 1 N–H and O–H groups in total. The van der Waals surface area contributed by atoms with Gasteiger partial charge in [-0.15, -0.1) is 12.6 Å². The number of morpholine rings is 1. The van der Waals surface area contributed by atoms with Crippen molar-refractivity contribution in [2.45, 2.75) is 18.4 Å². The number of amides is 2. The maximum absolute atomic E-state index is 13.8. The number of ether oxygens (including phenoxy) is 1. The van der Waals surface area contributed by atoms with Gasteiger partial charge in [0.2, 0.25) is 5.91 Å². The third-order valence-electron chi connectivity index (χ3n) is 6.95. The fourth-order valence-electron chi connectivity index (χ4n) is 4.62. The maximum atomic E-state index is 13.8. The summed E-state index contributed by atoms with van der Waals surface area (Å²) in [7, 11) is 1.94. The van der Waals surface area contributed by atoms with E-state index >= 15 is 0 Å². The quantitative estimate of drug-likeness (QED) is 0.272. The van der Waals surface area contributed by atoms with Crippen molar-refractivity contribution in [3.63, 3.8) is 0 Å². The van der Waals surface area contributed by atoms with Gasteiger partial charge in [0.15, 0.2) is 5.17 Å². The highest BCUT2D eigenvalue weighted by Crippen LogP contribution is 2.38. The van der Waals surface area contributed by atoms with Crippen molar-refractivity contribution < 1.29 is 14.3 Å². The minimum atomic E-state index is -0.103. The normalized spacial score (nSPS) is 18.1. The van der Waals surface area contributed by atoms with Gasteiger partial charge in [0.1, 0.15) is 0 Å². The molecule has 0 aliphatic carbocycles. The molecule has 3 aromatic rings. The monoisotopic (exact) mass is 587 g/mol. The molecule has 212 valence electrons. The van der Waals surface area contributed by atoms with Crippen LogP contribution in [0, 0.1) is 0 Å². The van der Waals surface area contributed by atoms with Crippen molar-refractivity contribution in [1.29, 1.82) is 0 Å². The van der Waals surface area contributed by atoms with Crippen molar-refractivity contribution in [2.75, 3.05) is 50.1 Å². The van der Waals surface area contributed by atoms with Crippen LogP contribution in [0.25, 0.3) is 0 Å². The molecule has 5 rings (SSSR count). The van der Waals surface area contributed by atoms with E-state index in [9.17, 15) is 9.59 Å². The number of hydrogen-bond acceptors (Lipinski definition) is 8. The van der Waals surface area contributed by atoms with Gasteiger partial charge < -0.3 is 15.0 Å². The number of aliphatic imine (C=N–C) groups is 1. The Hall–Kier alpha value is -3.57. The Morgan fingerprint density at radius 1 is 1.05 bits per heavy atom. The number of rotatable bonds is 8. The Kier molecular flexibility index (Phi) is 9.45. The summed E-state index contributed by atoms with van der Waals surface area (Å²) in [5.74, 6) is -0.185. The second-order valence-electron chi connectivity index (χ2n) is 9.82. The number of carbonyl (C=O) groups excluding carboxylic acids is 2. The minimum Gasteiger partial charge on any atom is -0.379 e. The molecule has 8 nitrogen and oxygen atoms in total. The third kappa shape index (κ3) is 7.20. The summed E-state index contributed by atoms with van der Waals surface area (Å²) in [6, 6.07) is 25.1. The lowest BCUT2D eigenvalue weighted by molar-refractivity contribution is -0.122. The van der Waals surface area contributed by atoms with Crippen LogP contribution in [0.2, 0.25) is 0 Å². The van der Waals surface area contributed by atoms with E-state index in [0.717, 1.165) is 34.9 Å². The Labute approximate surface area is 250 Å². The molecule has 0 atom stereocenters. The highest BCUT2D eigenvalue weighted by Gasteiger charge is 2.36. The Balaban J connectivity index is 1.41. The van der Waals surface area contributed by atoms with E-state index in [1.807, 2.05) is 97.7 Å². The standard InChI is InChI=1S/C31H33N5O3S2/c1-22(34(2)26-13-6-7-14-27(26)40)29-30(38)36(20-23-9-4-3-5-10-23)31(41-29)33-25-12-8-11-24(19-25)32-28(37)21-35-15-17-39-18-16-35/h3-14,19,40H,15-18,20-21H2,1-2H3,(H,32,37)/b29-22+,33-31?. The molecule has 0 bridgehead atoms. The molecule has 0 unspecified atom stereocenters. The molecule has 0 radical (unpaired) electrons. The second kappa shape index (κ2) is 13.4. The van der Waals surface area contributed by atoms with Crippen LogP contribution in [0.15, 0.2) is 99.4 Å². The largest absolute Gasteiger partial charge is 0.379 e. The number of nitrogens with zero attached hydrogens (tertiary/aromatic N) is 4. The average Bonchev–Trinajstić information content (AvgIpc) is 3.28. The first-order chi connectivity index (χ1) is 19.9. The number of thiol groups is 1. The molecule has 0 spiro atoms. The molecule has 2 aliphatic heterocycles. The van der Waals surface area contributed by atoms with Gasteiger partial charge in [-0.1, -0.05) is 48.5 Å². The number of allylic oxidation sites excluding steroid dienone is 1. The zero-order valence-corrected chi connectivity index (χ0v) is 24.8. The van der Waals surface area contributed by atoms with Gasteiger partial charge in [0.05, 0.1) is 42.6 Å². The van der Waals surface area contributed by atoms with E-state index in [4.69, 9.17) is 9.73 Å². The van der Waals surface area contributed by atoms with Crippen LogP contribution >= 0.6 is 24.4 Å². The van der Waals surface area contributed by atoms with Gasteiger partial charge in [-0.05, 0) is 54.6 Å². The van der Waals surface area contributed by atoms with Crippen molar-refractivity contribution in [1.82, 2.24) is 9.80 Å². The van der Waals surface area contributed by atoms with Gasteiger partial charge in [-0.3, -0.25) is 19.4 Å². The molecule has 0 saturated carbocycles. The minimum absolute atomic E-state index is 0.0822. The van der Waals surface area contributed by atoms with E-state index in [0.29, 0.717) is 47.8 Å². The molecule has 3 aromatic carbocycles. The van der Waals surface area contributed by atoms with Crippen LogP contribution in [0.3, 0.4) is 0 Å². The number of hydrogen-bond donors (Lipinski definition) is 2. The Bertz CT molecular complexity index is 1470. The van der Waals surface area contributed by atoms with Crippen LogP contribution in [-0.4, -0.2) is 66.7 Å². The third-order valence-corrected chi connectivity index (χ3v) is 8.49. The summed E-state index contributed by atoms with van der Waals surface area (Å²) in [5, 5.41) is 3.56. The van der Waals surface area contributed by atoms with Crippen molar-refractivity contribution in [3.8, 4) is 0 Å². The molecule has 0 aromatic heterocycles. The fraction of sp³-hybridized carbons (Fsp3) is 0.258. The van der Waals surface area contributed by atoms with Crippen LogP contribution in [0.5, 0.6) is 0 Å². The topological polar surface area (TPSA) is 77.5 Å². The fourth-order valence-corrected chi connectivity index (χ4v) is 6.01. The van der Waals surface area contributed by atoms with E-state index in [1.165, 1.54) is 11.8 Å². The highest BCUT2D eigenvalue weighted by atomic mass is 32.2. The number of carbonyl (C=O) groups is 2. The van der Waals surface area contributed by atoms with Crippen LogP contribution in [0.4, 0.5) is 17.1 Å². The van der Waals surface area contributed by atoms with E-state index in [2.05, 4.69) is 22.8 Å². The first-order valence-electron chi connectivity index (χ1n) is 13.4. The zero-order chi connectivity index (χ0) is 28.8. The summed E-state index contributed by atoms with van der Waals surface area (Å²) >= 11 is 5.96. The number of amidine groups is 1. The lowest BCUT2D eigenvalue weighted by Crippen LogP contribution is -2.41. The summed E-state index contributed by atoms with van der Waals surface area (Å²) in [5.41, 5.74) is 4.04. The molecule has 2 fully saturated rings. The van der Waals surface area contributed by atoms with Crippen molar-refractivity contribution >= 4 is 58.4 Å². The Morgan fingerprint density at radius 3 is 2.54 bits per heavy atom. The molecule has 41 heavy (non-hydrogen) atoms. The first kappa shape index (κ1) is 28.9. The van der Waals surface area contributed by atoms with Gasteiger partial charge in [0.25, 0.3) is 5.91 Å². The molecule has 2 amide bonds. The summed E-state index contributed by atoms with van der Waals surface area (Å²) in [4.78, 5) is 38.6. The van der Waals surface area contributed by atoms with Crippen LogP contribution in [-0.2, 0) is 20.9 Å². The molecule has 2 saturated heterocycles. The lowest BCUT2D eigenvalue weighted by atomic mass is 10.2. The molecular formula is C31H33N5O3S2. The van der Waals surface area contributed by atoms with Gasteiger partial charge in [-0.2, -0.15) is 0 Å². The number of benzene rings is 3. The predicted molar refractivity (Wildman–Crippen MR) is 169 cm³/mol. The summed E-state index contributed by atoms with van der Waals surface area (Å²) < 4.78 is 5.37. The average molecular weight is 588 g/mol. The number of para-hydroxylation sites is 1. The SMILES string of the molecule is C/C(=C1\SC(=Nc2cccc(NC(=O)CN3CCOCC3)c2)N(Cc2ccccc2)C1=O)N(C)c1ccccc1S. The molecule has 2 aliphatic rings. The van der Waals surface area contributed by atoms with Gasteiger partial charge in [-0.25, -0.2) is 4.99 Å².